The molecule has 3 N–H and O–H groups in total. The van der Waals surface area contributed by atoms with Crippen molar-refractivity contribution >= 4 is 18.2 Å². The molecule has 0 aromatic carbocycles. The number of halogens is 1. The van der Waals surface area contributed by atoms with E-state index < -0.39 is 0 Å². The van der Waals surface area contributed by atoms with Crippen LogP contribution in [0, 0.1) is 6.92 Å². The molecule has 1 aromatic heterocycles. The number of nitrogens with one attached hydrogen (secondary N) is 1. The van der Waals surface area contributed by atoms with Crippen LogP contribution in [0.5, 0.6) is 0 Å². The normalized spacial score (nSPS) is 9.36. The number of nitrogens with zero attached hydrogens (tertiary/aromatic N) is 2. The van der Waals surface area contributed by atoms with E-state index in [4.69, 9.17) is 5.73 Å². The molecule has 5 heteroatoms. The van der Waals surface area contributed by atoms with Crippen molar-refractivity contribution in [3.05, 3.63) is 17.6 Å². The van der Waals surface area contributed by atoms with Gasteiger partial charge in [-0.3, -0.25) is 0 Å². The van der Waals surface area contributed by atoms with Gasteiger partial charge in [0.25, 0.3) is 0 Å². The monoisotopic (exact) mass is 216 g/mol. The van der Waals surface area contributed by atoms with Gasteiger partial charge in [-0.25, -0.2) is 9.97 Å². The van der Waals surface area contributed by atoms with E-state index in [-0.39, 0.29) is 12.4 Å². The SMILES string of the molecule is CCc1c(C)ncnc1NCCN.Cl. The minimum atomic E-state index is 0. The Hall–Kier alpha value is -0.870. The van der Waals surface area contributed by atoms with Gasteiger partial charge in [0.05, 0.1) is 0 Å². The van der Waals surface area contributed by atoms with Crippen molar-refractivity contribution in [3.63, 3.8) is 0 Å². The second-order valence-corrected chi connectivity index (χ2v) is 2.86. The molecular formula is C9H17ClN4. The first-order chi connectivity index (χ1) is 6.29. The molecule has 0 aliphatic rings. The minimum absolute atomic E-state index is 0. The van der Waals surface area contributed by atoms with Crippen molar-refractivity contribution in [1.82, 2.24) is 9.97 Å². The second kappa shape index (κ2) is 6.56. The van der Waals surface area contributed by atoms with Crippen molar-refractivity contribution in [3.8, 4) is 0 Å². The Morgan fingerprint density at radius 2 is 2.14 bits per heavy atom. The van der Waals surface area contributed by atoms with Gasteiger partial charge >= 0.3 is 0 Å². The summed E-state index contributed by atoms with van der Waals surface area (Å²) < 4.78 is 0. The minimum Gasteiger partial charge on any atom is -0.368 e. The molecular weight excluding hydrogens is 200 g/mol. The van der Waals surface area contributed by atoms with Gasteiger partial charge in [-0.15, -0.1) is 12.4 Å². The van der Waals surface area contributed by atoms with Gasteiger partial charge in [0.1, 0.15) is 12.1 Å². The fourth-order valence-corrected chi connectivity index (χ4v) is 1.27. The van der Waals surface area contributed by atoms with Crippen molar-refractivity contribution in [2.75, 3.05) is 18.4 Å². The van der Waals surface area contributed by atoms with Crippen molar-refractivity contribution < 1.29 is 0 Å². The molecule has 0 atom stereocenters. The van der Waals surface area contributed by atoms with Crippen LogP contribution in [0.15, 0.2) is 6.33 Å². The molecule has 0 bridgehead atoms. The van der Waals surface area contributed by atoms with Crippen LogP contribution in [0.4, 0.5) is 5.82 Å². The lowest BCUT2D eigenvalue weighted by Gasteiger charge is -2.09. The van der Waals surface area contributed by atoms with Gasteiger partial charge in [-0.1, -0.05) is 6.92 Å². The summed E-state index contributed by atoms with van der Waals surface area (Å²) in [6.45, 7) is 5.46. The molecule has 0 unspecified atom stereocenters. The van der Waals surface area contributed by atoms with Gasteiger partial charge < -0.3 is 11.1 Å². The zero-order valence-corrected chi connectivity index (χ0v) is 9.40. The van der Waals surface area contributed by atoms with Gasteiger partial charge in [0, 0.05) is 24.3 Å². The van der Waals surface area contributed by atoms with Crippen molar-refractivity contribution in [1.29, 1.82) is 0 Å². The van der Waals surface area contributed by atoms with Crippen LogP contribution < -0.4 is 11.1 Å². The third-order valence-electron chi connectivity index (χ3n) is 1.95. The third kappa shape index (κ3) is 3.12. The number of aromatic nitrogens is 2. The predicted molar refractivity (Wildman–Crippen MR) is 60.9 cm³/mol. The van der Waals surface area contributed by atoms with E-state index in [1.165, 1.54) is 5.56 Å². The van der Waals surface area contributed by atoms with E-state index in [1.54, 1.807) is 6.33 Å². The predicted octanol–water partition coefficient (Wildman–Crippen LogP) is 1.14. The molecule has 1 aromatic rings. The van der Waals surface area contributed by atoms with Gasteiger partial charge in [-0.05, 0) is 13.3 Å². The van der Waals surface area contributed by atoms with Crippen molar-refractivity contribution in [2.24, 2.45) is 5.73 Å². The van der Waals surface area contributed by atoms with Crippen molar-refractivity contribution in [2.45, 2.75) is 20.3 Å². The molecule has 1 rings (SSSR count). The quantitative estimate of drug-likeness (QED) is 0.793. The molecule has 0 fully saturated rings. The van der Waals surface area contributed by atoms with Crippen LogP contribution in [-0.2, 0) is 6.42 Å². The van der Waals surface area contributed by atoms with Crippen LogP contribution in [-0.4, -0.2) is 23.1 Å². The van der Waals surface area contributed by atoms with E-state index in [2.05, 4.69) is 22.2 Å². The topological polar surface area (TPSA) is 63.8 Å². The highest BCUT2D eigenvalue weighted by Gasteiger charge is 2.04. The number of hydrogen-bond acceptors (Lipinski definition) is 4. The molecule has 0 amide bonds. The summed E-state index contributed by atoms with van der Waals surface area (Å²) in [4.78, 5) is 8.31. The largest absolute Gasteiger partial charge is 0.368 e. The van der Waals surface area contributed by atoms with Crippen LogP contribution in [0.25, 0.3) is 0 Å². The third-order valence-corrected chi connectivity index (χ3v) is 1.95. The Morgan fingerprint density at radius 1 is 1.43 bits per heavy atom. The highest BCUT2D eigenvalue weighted by molar-refractivity contribution is 5.85. The van der Waals surface area contributed by atoms with Gasteiger partial charge in [0.15, 0.2) is 0 Å². The second-order valence-electron chi connectivity index (χ2n) is 2.86. The Kier molecular flexibility index (Phi) is 6.16. The summed E-state index contributed by atoms with van der Waals surface area (Å²) in [5.74, 6) is 0.917. The first-order valence-corrected chi connectivity index (χ1v) is 4.54. The molecule has 0 spiro atoms. The molecule has 0 aliphatic heterocycles. The molecule has 14 heavy (non-hydrogen) atoms. The molecule has 0 saturated heterocycles. The number of rotatable bonds is 4. The van der Waals surface area contributed by atoms with Crippen LogP contribution in [0.2, 0.25) is 0 Å². The fourth-order valence-electron chi connectivity index (χ4n) is 1.27. The summed E-state index contributed by atoms with van der Waals surface area (Å²) in [5.41, 5.74) is 7.62. The summed E-state index contributed by atoms with van der Waals surface area (Å²) >= 11 is 0. The van der Waals surface area contributed by atoms with Gasteiger partial charge in [0.2, 0.25) is 0 Å². The summed E-state index contributed by atoms with van der Waals surface area (Å²) in [5, 5.41) is 3.18. The Morgan fingerprint density at radius 3 is 2.71 bits per heavy atom. The van der Waals surface area contributed by atoms with E-state index in [0.717, 1.165) is 24.5 Å². The van der Waals surface area contributed by atoms with E-state index in [0.29, 0.717) is 6.54 Å². The highest BCUT2D eigenvalue weighted by Crippen LogP contribution is 2.14. The first kappa shape index (κ1) is 13.1. The molecule has 80 valence electrons. The van der Waals surface area contributed by atoms with Crippen LogP contribution in [0.3, 0.4) is 0 Å². The molecule has 0 saturated carbocycles. The van der Waals surface area contributed by atoms with Crippen LogP contribution in [0.1, 0.15) is 18.2 Å². The average molecular weight is 217 g/mol. The maximum absolute atomic E-state index is 5.40. The maximum Gasteiger partial charge on any atom is 0.132 e. The first-order valence-electron chi connectivity index (χ1n) is 4.54. The summed E-state index contributed by atoms with van der Waals surface area (Å²) in [6, 6.07) is 0. The van der Waals surface area contributed by atoms with E-state index in [1.807, 2.05) is 6.92 Å². The maximum atomic E-state index is 5.40. The molecule has 4 nitrogen and oxygen atoms in total. The van der Waals surface area contributed by atoms with E-state index in [9.17, 15) is 0 Å². The number of hydrogen-bond donors (Lipinski definition) is 2. The van der Waals surface area contributed by atoms with Gasteiger partial charge in [-0.2, -0.15) is 0 Å². The number of anilines is 1. The number of nitrogens with two attached hydrogens (primary N) is 1. The Balaban J connectivity index is 0.00000169. The molecule has 1 heterocycles. The summed E-state index contributed by atoms with van der Waals surface area (Å²) in [7, 11) is 0. The lowest BCUT2D eigenvalue weighted by Crippen LogP contribution is -2.15. The lowest BCUT2D eigenvalue weighted by molar-refractivity contribution is 0.957. The Bertz CT molecular complexity index is 278. The number of aryl methyl sites for hydroxylation is 1. The fraction of sp³-hybridized carbons (Fsp3) is 0.556. The standard InChI is InChI=1S/C9H16N4.ClH/c1-3-8-7(2)12-6-13-9(8)11-5-4-10;/h6H,3-5,10H2,1-2H3,(H,11,12,13);1H. The zero-order valence-electron chi connectivity index (χ0n) is 8.58. The average Bonchev–Trinajstić information content (AvgIpc) is 2.15. The zero-order chi connectivity index (χ0) is 9.68. The molecule has 0 aliphatic carbocycles. The smallest absolute Gasteiger partial charge is 0.132 e. The Labute approximate surface area is 90.7 Å². The molecule has 0 radical (unpaired) electrons. The van der Waals surface area contributed by atoms with Crippen LogP contribution >= 0.6 is 12.4 Å². The highest BCUT2D eigenvalue weighted by atomic mass is 35.5. The lowest BCUT2D eigenvalue weighted by atomic mass is 10.2. The summed E-state index contributed by atoms with van der Waals surface area (Å²) in [6.07, 6.45) is 2.52. The van der Waals surface area contributed by atoms with E-state index >= 15 is 0 Å².